The molecule has 4 nitrogen and oxygen atoms in total. The van der Waals surface area contributed by atoms with Crippen molar-refractivity contribution in [2.45, 2.75) is 58.5 Å². The number of hydrogen-bond acceptors (Lipinski definition) is 3. The number of nitrogens with one attached hydrogen (secondary N) is 1. The standard InChI is InChI=1S/C22H29NO3/c1-15-3-2-4-16(5-15)14-26-21(25)13-23-20(24)12-22-9-17-6-18(10-22)8-19(7-17)11-22/h2-5,17-19H,6-14H2,1H3,(H,23,24). The highest BCUT2D eigenvalue weighted by molar-refractivity contribution is 5.82. The zero-order valence-corrected chi connectivity index (χ0v) is 15.6. The van der Waals surface area contributed by atoms with E-state index < -0.39 is 0 Å². The van der Waals surface area contributed by atoms with Gasteiger partial charge in [0, 0.05) is 6.42 Å². The maximum absolute atomic E-state index is 12.4. The average Bonchev–Trinajstić information content (AvgIpc) is 2.56. The topological polar surface area (TPSA) is 55.4 Å². The van der Waals surface area contributed by atoms with E-state index in [-0.39, 0.29) is 30.4 Å². The molecule has 140 valence electrons. The summed E-state index contributed by atoms with van der Waals surface area (Å²) in [4.78, 5) is 24.4. The molecule has 4 saturated carbocycles. The number of carbonyl (C=O) groups is 2. The Bertz CT molecular complexity index is 661. The fourth-order valence-electron chi connectivity index (χ4n) is 6.10. The minimum Gasteiger partial charge on any atom is -0.460 e. The Morgan fingerprint density at radius 3 is 2.38 bits per heavy atom. The lowest BCUT2D eigenvalue weighted by molar-refractivity contribution is -0.146. The van der Waals surface area contributed by atoms with Gasteiger partial charge in [-0.1, -0.05) is 29.8 Å². The smallest absolute Gasteiger partial charge is 0.325 e. The summed E-state index contributed by atoms with van der Waals surface area (Å²) in [6, 6.07) is 7.90. The van der Waals surface area contributed by atoms with Gasteiger partial charge in [-0.2, -0.15) is 0 Å². The SMILES string of the molecule is Cc1cccc(COC(=O)CNC(=O)CC23CC4CC(CC(C4)C2)C3)c1. The number of benzene rings is 1. The van der Waals surface area contributed by atoms with Crippen molar-refractivity contribution in [2.24, 2.45) is 23.2 Å². The van der Waals surface area contributed by atoms with Crippen molar-refractivity contribution in [2.75, 3.05) is 6.54 Å². The first-order valence-electron chi connectivity index (χ1n) is 9.98. The highest BCUT2D eigenvalue weighted by Crippen LogP contribution is 2.61. The Kier molecular flexibility index (Phi) is 4.76. The lowest BCUT2D eigenvalue weighted by Crippen LogP contribution is -2.48. The van der Waals surface area contributed by atoms with Crippen molar-refractivity contribution in [3.8, 4) is 0 Å². The number of aryl methyl sites for hydroxylation is 1. The lowest BCUT2D eigenvalue weighted by Gasteiger charge is -2.56. The zero-order valence-electron chi connectivity index (χ0n) is 15.6. The van der Waals surface area contributed by atoms with Crippen molar-refractivity contribution >= 4 is 11.9 Å². The molecule has 4 aliphatic carbocycles. The summed E-state index contributed by atoms with van der Waals surface area (Å²) >= 11 is 0. The fourth-order valence-corrected chi connectivity index (χ4v) is 6.10. The largest absolute Gasteiger partial charge is 0.460 e. The molecule has 1 amide bonds. The molecule has 4 fully saturated rings. The van der Waals surface area contributed by atoms with Gasteiger partial charge in [0.15, 0.2) is 0 Å². The number of ether oxygens (including phenoxy) is 1. The summed E-state index contributed by atoms with van der Waals surface area (Å²) in [5.74, 6) is 2.17. The van der Waals surface area contributed by atoms with Crippen LogP contribution in [-0.2, 0) is 20.9 Å². The van der Waals surface area contributed by atoms with Gasteiger partial charge >= 0.3 is 5.97 Å². The second-order valence-electron chi connectivity index (χ2n) is 9.02. The van der Waals surface area contributed by atoms with E-state index in [2.05, 4.69) is 5.32 Å². The van der Waals surface area contributed by atoms with Crippen LogP contribution in [0.5, 0.6) is 0 Å². The van der Waals surface area contributed by atoms with Crippen LogP contribution >= 0.6 is 0 Å². The van der Waals surface area contributed by atoms with Gasteiger partial charge in [-0.05, 0) is 74.2 Å². The first-order chi connectivity index (χ1) is 12.5. The number of esters is 1. The Hall–Kier alpha value is -1.84. The molecule has 0 spiro atoms. The summed E-state index contributed by atoms with van der Waals surface area (Å²) in [6.45, 7) is 2.23. The molecule has 4 bridgehead atoms. The highest BCUT2D eigenvalue weighted by Gasteiger charge is 2.51. The van der Waals surface area contributed by atoms with Crippen molar-refractivity contribution in [1.29, 1.82) is 0 Å². The van der Waals surface area contributed by atoms with E-state index in [4.69, 9.17) is 4.74 Å². The first-order valence-corrected chi connectivity index (χ1v) is 9.98. The predicted molar refractivity (Wildman–Crippen MR) is 99.2 cm³/mol. The van der Waals surface area contributed by atoms with Gasteiger partial charge < -0.3 is 10.1 Å². The second-order valence-corrected chi connectivity index (χ2v) is 9.02. The molecule has 4 aliphatic rings. The quantitative estimate of drug-likeness (QED) is 0.791. The van der Waals surface area contributed by atoms with Gasteiger partial charge in [0.2, 0.25) is 5.91 Å². The van der Waals surface area contributed by atoms with Crippen LogP contribution in [0.2, 0.25) is 0 Å². The summed E-state index contributed by atoms with van der Waals surface area (Å²) in [6.07, 6.45) is 8.37. The van der Waals surface area contributed by atoms with Gasteiger partial charge in [-0.15, -0.1) is 0 Å². The minimum atomic E-state index is -0.370. The Balaban J connectivity index is 1.22. The van der Waals surface area contributed by atoms with Crippen LogP contribution in [0.4, 0.5) is 0 Å². The molecule has 5 rings (SSSR count). The third-order valence-electron chi connectivity index (χ3n) is 6.61. The lowest BCUT2D eigenvalue weighted by atomic mass is 9.49. The van der Waals surface area contributed by atoms with E-state index in [0.29, 0.717) is 6.42 Å². The summed E-state index contributed by atoms with van der Waals surface area (Å²) < 4.78 is 5.27. The molecule has 0 unspecified atom stereocenters. The van der Waals surface area contributed by atoms with Crippen LogP contribution in [0, 0.1) is 30.1 Å². The molecule has 0 saturated heterocycles. The van der Waals surface area contributed by atoms with E-state index in [1.165, 1.54) is 38.5 Å². The number of amides is 1. The van der Waals surface area contributed by atoms with Crippen molar-refractivity contribution < 1.29 is 14.3 Å². The van der Waals surface area contributed by atoms with Gasteiger partial charge in [0.05, 0.1) is 0 Å². The van der Waals surface area contributed by atoms with E-state index in [1.807, 2.05) is 31.2 Å². The fraction of sp³-hybridized carbons (Fsp3) is 0.636. The van der Waals surface area contributed by atoms with Crippen LogP contribution in [-0.4, -0.2) is 18.4 Å². The van der Waals surface area contributed by atoms with Gasteiger partial charge in [0.1, 0.15) is 13.2 Å². The summed E-state index contributed by atoms with van der Waals surface area (Å²) in [5.41, 5.74) is 2.32. The molecular formula is C22H29NO3. The molecule has 1 aromatic carbocycles. The van der Waals surface area contributed by atoms with Crippen molar-refractivity contribution in [1.82, 2.24) is 5.32 Å². The van der Waals surface area contributed by atoms with Crippen molar-refractivity contribution in [3.05, 3.63) is 35.4 Å². The normalized spacial score (nSPS) is 31.7. The van der Waals surface area contributed by atoms with Crippen LogP contribution < -0.4 is 5.32 Å². The average molecular weight is 355 g/mol. The van der Waals surface area contributed by atoms with E-state index in [9.17, 15) is 9.59 Å². The maximum Gasteiger partial charge on any atom is 0.325 e. The Morgan fingerprint density at radius 2 is 1.77 bits per heavy atom. The zero-order chi connectivity index (χ0) is 18.1. The first kappa shape index (κ1) is 17.6. The number of hydrogen-bond donors (Lipinski definition) is 1. The molecule has 1 N–H and O–H groups in total. The molecule has 0 radical (unpaired) electrons. The molecule has 1 aromatic rings. The van der Waals surface area contributed by atoms with Gasteiger partial charge in [0.25, 0.3) is 0 Å². The number of carbonyl (C=O) groups excluding carboxylic acids is 2. The van der Waals surface area contributed by atoms with Gasteiger partial charge in [-0.3, -0.25) is 9.59 Å². The van der Waals surface area contributed by atoms with E-state index in [0.717, 1.165) is 28.9 Å². The summed E-state index contributed by atoms with van der Waals surface area (Å²) in [7, 11) is 0. The van der Waals surface area contributed by atoms with Crippen LogP contribution in [0.3, 0.4) is 0 Å². The molecule has 0 aromatic heterocycles. The molecule has 0 aliphatic heterocycles. The Morgan fingerprint density at radius 1 is 1.12 bits per heavy atom. The van der Waals surface area contributed by atoms with Crippen molar-refractivity contribution in [3.63, 3.8) is 0 Å². The van der Waals surface area contributed by atoms with Gasteiger partial charge in [-0.25, -0.2) is 0 Å². The minimum absolute atomic E-state index is 0.0134. The van der Waals surface area contributed by atoms with Crippen LogP contribution in [0.25, 0.3) is 0 Å². The van der Waals surface area contributed by atoms with E-state index in [1.54, 1.807) is 0 Å². The Labute approximate surface area is 155 Å². The highest BCUT2D eigenvalue weighted by atomic mass is 16.5. The maximum atomic E-state index is 12.4. The predicted octanol–water partition coefficient (Wildman–Crippen LogP) is 3.76. The monoisotopic (exact) mass is 355 g/mol. The van der Waals surface area contributed by atoms with Crippen LogP contribution in [0.1, 0.15) is 56.1 Å². The van der Waals surface area contributed by atoms with Crippen LogP contribution in [0.15, 0.2) is 24.3 Å². The third kappa shape index (κ3) is 3.94. The molecule has 0 atom stereocenters. The molecular weight excluding hydrogens is 326 g/mol. The summed E-state index contributed by atoms with van der Waals surface area (Å²) in [5, 5.41) is 2.79. The molecule has 0 heterocycles. The molecule has 4 heteroatoms. The third-order valence-corrected chi connectivity index (χ3v) is 6.61. The van der Waals surface area contributed by atoms with E-state index >= 15 is 0 Å². The second kappa shape index (κ2) is 7.05. The molecule has 26 heavy (non-hydrogen) atoms. The number of rotatable bonds is 6.